The van der Waals surface area contributed by atoms with Gasteiger partial charge in [0.25, 0.3) is 0 Å². The molecule has 0 bridgehead atoms. The van der Waals surface area contributed by atoms with Crippen LogP contribution < -0.4 is 4.67 Å². The Morgan fingerprint density at radius 1 is 0.475 bits per heavy atom. The number of hydrogen-bond donors (Lipinski definition) is 0. The average Bonchev–Trinajstić information content (AvgIpc) is 3.19. The molecule has 0 aliphatic heterocycles. The molecule has 0 spiro atoms. The molecule has 1 aromatic heterocycles. The van der Waals surface area contributed by atoms with Crippen molar-refractivity contribution in [3.05, 3.63) is 145 Å². The fraction of sp³-hybridized carbons (Fsp3) is 0.111. The van der Waals surface area contributed by atoms with Crippen LogP contribution in [0.1, 0.15) is 37.1 Å². The van der Waals surface area contributed by atoms with Crippen LogP contribution >= 0.6 is 8.16 Å². The summed E-state index contributed by atoms with van der Waals surface area (Å²) < 4.78 is 16.4. The molecule has 0 amide bonds. The van der Waals surface area contributed by atoms with Gasteiger partial charge in [-0.25, -0.2) is 0 Å². The Labute approximate surface area is 234 Å². The van der Waals surface area contributed by atoms with Crippen molar-refractivity contribution in [3.8, 4) is 0 Å². The Balaban J connectivity index is 1.60. The van der Waals surface area contributed by atoms with Crippen LogP contribution in [0, 0.1) is 0 Å². The molecule has 0 aliphatic rings. The maximum Gasteiger partial charge on any atom is 0.310 e. The molecular weight excluding hydrogens is 509 g/mol. The van der Waals surface area contributed by atoms with Gasteiger partial charge in [-0.3, -0.25) is 0 Å². The first-order valence-electron chi connectivity index (χ1n) is 13.8. The third-order valence-electron chi connectivity index (χ3n) is 7.93. The lowest BCUT2D eigenvalue weighted by atomic mass is 9.99. The van der Waals surface area contributed by atoms with E-state index in [9.17, 15) is 0 Å². The maximum absolute atomic E-state index is 7.01. The fourth-order valence-corrected chi connectivity index (χ4v) is 7.54. The molecule has 2 atom stereocenters. The van der Waals surface area contributed by atoms with Crippen molar-refractivity contribution in [1.82, 2.24) is 0 Å². The van der Waals surface area contributed by atoms with Gasteiger partial charge < -0.3 is 8.39 Å². The van der Waals surface area contributed by atoms with Crippen LogP contribution in [0.5, 0.6) is 0 Å². The minimum Gasteiger partial charge on any atom is -0.408 e. The van der Waals surface area contributed by atoms with Gasteiger partial charge >= 0.3 is 8.16 Å². The van der Waals surface area contributed by atoms with Crippen molar-refractivity contribution < 1.29 is 8.39 Å². The van der Waals surface area contributed by atoms with Crippen molar-refractivity contribution in [1.29, 1.82) is 0 Å². The molecule has 196 valence electrons. The summed E-state index contributed by atoms with van der Waals surface area (Å²) in [6.45, 7) is 4.49. The van der Waals surface area contributed by atoms with Crippen LogP contribution in [0.3, 0.4) is 0 Å². The molecule has 0 saturated heterocycles. The van der Waals surface area contributed by atoms with Crippen LogP contribution in [0.25, 0.3) is 43.5 Å². The van der Waals surface area contributed by atoms with E-state index in [-0.39, 0.29) is 12.1 Å². The predicted molar refractivity (Wildman–Crippen MR) is 169 cm³/mol. The van der Waals surface area contributed by atoms with E-state index in [1.165, 1.54) is 21.9 Å². The summed E-state index contributed by atoms with van der Waals surface area (Å²) in [5.74, 6) is 0. The monoisotopic (exact) mass is 539 g/mol. The second kappa shape index (κ2) is 10.4. The first-order valence-corrected chi connectivity index (χ1v) is 14.9. The zero-order valence-electron chi connectivity index (χ0n) is 22.6. The molecule has 0 fully saturated rings. The summed E-state index contributed by atoms with van der Waals surface area (Å²) in [5, 5.41) is 6.88. The fourth-order valence-electron chi connectivity index (χ4n) is 5.84. The quantitative estimate of drug-likeness (QED) is 0.218. The minimum absolute atomic E-state index is 0.0495. The zero-order valence-corrected chi connectivity index (χ0v) is 23.5. The number of nitrogens with zero attached hydrogens (tertiary/aromatic N) is 1. The van der Waals surface area contributed by atoms with Crippen molar-refractivity contribution in [2.45, 2.75) is 25.9 Å². The number of fused-ring (bicyclic) bond motifs is 7. The van der Waals surface area contributed by atoms with Gasteiger partial charge in [0.05, 0.1) is 0 Å². The summed E-state index contributed by atoms with van der Waals surface area (Å²) in [4.78, 5) is 0. The number of benzene rings is 6. The SMILES string of the molecule is CC(c1ccccc1)N([C@H](C)c1ccccc1)p1oc2ccc3ccccc3c2c2c(ccc3ccccc32)o1. The highest BCUT2D eigenvalue weighted by molar-refractivity contribution is 7.39. The van der Waals surface area contributed by atoms with Crippen LogP contribution in [-0.4, -0.2) is 0 Å². The predicted octanol–water partition coefficient (Wildman–Crippen LogP) is 11.1. The third kappa shape index (κ3) is 4.29. The maximum atomic E-state index is 7.01. The van der Waals surface area contributed by atoms with Crippen molar-refractivity contribution in [3.63, 3.8) is 0 Å². The van der Waals surface area contributed by atoms with Crippen LogP contribution in [0.4, 0.5) is 0 Å². The highest BCUT2D eigenvalue weighted by Gasteiger charge is 2.29. The van der Waals surface area contributed by atoms with E-state index in [0.717, 1.165) is 32.7 Å². The zero-order chi connectivity index (χ0) is 27.1. The van der Waals surface area contributed by atoms with Gasteiger partial charge in [-0.05, 0) is 58.7 Å². The first kappa shape index (κ1) is 24.7. The summed E-state index contributed by atoms with van der Waals surface area (Å²) >= 11 is 0. The topological polar surface area (TPSA) is 29.5 Å². The second-order valence-corrected chi connectivity index (χ2v) is 11.6. The smallest absolute Gasteiger partial charge is 0.310 e. The number of rotatable bonds is 5. The molecule has 3 nitrogen and oxygen atoms in total. The summed E-state index contributed by atoms with van der Waals surface area (Å²) in [6.07, 6.45) is 0. The van der Waals surface area contributed by atoms with E-state index >= 15 is 0 Å². The van der Waals surface area contributed by atoms with Crippen LogP contribution in [0.15, 0.2) is 142 Å². The lowest BCUT2D eigenvalue weighted by Crippen LogP contribution is -2.27. The Kier molecular flexibility index (Phi) is 6.40. The van der Waals surface area contributed by atoms with Crippen LogP contribution in [-0.2, 0) is 0 Å². The van der Waals surface area contributed by atoms with Crippen LogP contribution in [0.2, 0.25) is 0 Å². The number of hydrogen-bond acceptors (Lipinski definition) is 3. The molecule has 0 saturated carbocycles. The van der Waals surface area contributed by atoms with Gasteiger partial charge in [0.15, 0.2) is 0 Å². The van der Waals surface area contributed by atoms with E-state index in [1.807, 2.05) is 0 Å². The average molecular weight is 540 g/mol. The summed E-state index contributed by atoms with van der Waals surface area (Å²) in [5.41, 5.74) is 4.15. The van der Waals surface area contributed by atoms with Gasteiger partial charge in [-0.2, -0.15) is 4.67 Å². The van der Waals surface area contributed by atoms with E-state index in [0.29, 0.717) is 0 Å². The Morgan fingerprint density at radius 2 is 0.875 bits per heavy atom. The van der Waals surface area contributed by atoms with Crippen molar-refractivity contribution >= 4 is 51.6 Å². The molecule has 0 radical (unpaired) electrons. The molecule has 4 heteroatoms. The standard InChI is InChI=1S/C36H30NO2P/c1-25(27-13-5-3-6-14-27)37(26(2)28-15-7-4-8-16-28)40-38-33-23-21-29-17-9-11-19-31(29)35(33)36-32-20-12-10-18-30(32)22-24-34(36)39-40/h3-26H,1-2H3/t25-,26?/m1/s1. The third-order valence-corrected chi connectivity index (χ3v) is 9.71. The van der Waals surface area contributed by atoms with Gasteiger partial charge in [0.2, 0.25) is 0 Å². The van der Waals surface area contributed by atoms with Gasteiger partial charge in [0, 0.05) is 22.9 Å². The minimum atomic E-state index is -1.54. The normalized spacial score (nSPS) is 13.3. The summed E-state index contributed by atoms with van der Waals surface area (Å²) in [6, 6.07) is 47.0. The Morgan fingerprint density at radius 3 is 1.32 bits per heavy atom. The molecule has 0 N–H and O–H groups in total. The largest absolute Gasteiger partial charge is 0.408 e. The molecule has 0 aliphatic carbocycles. The summed E-state index contributed by atoms with van der Waals surface area (Å²) in [7, 11) is -1.54. The Bertz CT molecular complexity index is 1860. The van der Waals surface area contributed by atoms with E-state index < -0.39 is 8.16 Å². The van der Waals surface area contributed by atoms with E-state index in [1.54, 1.807) is 0 Å². The highest BCUT2D eigenvalue weighted by atomic mass is 31.1. The lowest BCUT2D eigenvalue weighted by molar-refractivity contribution is 0.558. The van der Waals surface area contributed by atoms with Crippen molar-refractivity contribution in [2.24, 2.45) is 0 Å². The van der Waals surface area contributed by atoms with Gasteiger partial charge in [-0.15, -0.1) is 0 Å². The van der Waals surface area contributed by atoms with Crippen molar-refractivity contribution in [2.75, 3.05) is 4.67 Å². The molecular formula is C36H30NO2P. The Hall–Kier alpha value is -4.30. The molecule has 1 unspecified atom stereocenters. The molecule has 7 rings (SSSR count). The molecule has 7 aromatic rings. The van der Waals surface area contributed by atoms with Gasteiger partial charge in [-0.1, -0.05) is 121 Å². The second-order valence-electron chi connectivity index (χ2n) is 10.3. The van der Waals surface area contributed by atoms with E-state index in [4.69, 9.17) is 8.39 Å². The highest BCUT2D eigenvalue weighted by Crippen LogP contribution is 2.47. The van der Waals surface area contributed by atoms with Gasteiger partial charge in [0.1, 0.15) is 11.2 Å². The molecule has 1 heterocycles. The molecule has 40 heavy (non-hydrogen) atoms. The molecule has 6 aromatic carbocycles. The first-order chi connectivity index (χ1) is 19.7. The lowest BCUT2D eigenvalue weighted by Gasteiger charge is -2.31. The van der Waals surface area contributed by atoms with E-state index in [2.05, 4.69) is 152 Å².